The first kappa shape index (κ1) is 16.1. The van der Waals surface area contributed by atoms with Crippen LogP contribution in [-0.4, -0.2) is 45.5 Å². The number of carbonyl (C=O) groups excluding carboxylic acids is 1. The fourth-order valence-corrected chi connectivity index (χ4v) is 3.17. The molecule has 0 saturated carbocycles. The van der Waals surface area contributed by atoms with E-state index in [9.17, 15) is 22.0 Å². The second-order valence-corrected chi connectivity index (χ2v) is 6.19. The Morgan fingerprint density at radius 2 is 1.90 bits per heavy atom. The molecule has 2 rings (SSSR count). The number of ether oxygens (including phenoxy) is 1. The van der Waals surface area contributed by atoms with E-state index < -0.39 is 43.0 Å². The monoisotopic (exact) mass is 340 g/mol. The summed E-state index contributed by atoms with van der Waals surface area (Å²) in [6.07, 6.45) is 0. The smallest absolute Gasteiger partial charge is 0.255 e. The summed E-state index contributed by atoms with van der Waals surface area (Å²) in [6.45, 7) is 1.04. The maximum Gasteiger partial charge on any atom is 0.255 e. The highest BCUT2D eigenvalue weighted by atomic mass is 35.5. The van der Waals surface area contributed by atoms with E-state index in [1.165, 1.54) is 4.90 Å². The highest BCUT2D eigenvalue weighted by molar-refractivity contribution is 7.89. The first-order valence-corrected chi connectivity index (χ1v) is 7.73. The Kier molecular flexibility index (Phi) is 4.47. The van der Waals surface area contributed by atoms with E-state index in [1.54, 1.807) is 0 Å². The summed E-state index contributed by atoms with van der Waals surface area (Å²) in [5.41, 5.74) is -0.457. The molecule has 0 atom stereocenters. The van der Waals surface area contributed by atoms with E-state index in [4.69, 9.17) is 21.5 Å². The fraction of sp³-hybridized carbons (Fsp3) is 0.364. The average Bonchev–Trinajstić information content (AvgIpc) is 2.42. The summed E-state index contributed by atoms with van der Waals surface area (Å²) >= 11 is 5.74. The molecule has 1 fully saturated rings. The van der Waals surface area contributed by atoms with Crippen LogP contribution < -0.4 is 5.14 Å². The van der Waals surface area contributed by atoms with Gasteiger partial charge in [-0.15, -0.1) is 0 Å². The lowest BCUT2D eigenvalue weighted by Gasteiger charge is -2.27. The number of nitrogens with two attached hydrogens (primary N) is 1. The minimum Gasteiger partial charge on any atom is -0.378 e. The van der Waals surface area contributed by atoms with Crippen LogP contribution in [0.3, 0.4) is 0 Å². The van der Waals surface area contributed by atoms with Gasteiger partial charge in [0.15, 0.2) is 11.6 Å². The van der Waals surface area contributed by atoms with E-state index in [0.29, 0.717) is 6.07 Å². The molecule has 1 aromatic carbocycles. The van der Waals surface area contributed by atoms with Crippen LogP contribution in [0.2, 0.25) is 5.02 Å². The van der Waals surface area contributed by atoms with Crippen LogP contribution in [0.1, 0.15) is 10.4 Å². The number of amides is 1. The molecular weight excluding hydrogens is 330 g/mol. The van der Waals surface area contributed by atoms with E-state index in [0.717, 1.165) is 0 Å². The maximum atomic E-state index is 13.6. The van der Waals surface area contributed by atoms with Gasteiger partial charge in [-0.25, -0.2) is 22.3 Å². The van der Waals surface area contributed by atoms with Crippen molar-refractivity contribution < 1.29 is 26.7 Å². The number of hydrogen-bond donors (Lipinski definition) is 1. The number of sulfonamides is 1. The second kappa shape index (κ2) is 5.84. The molecular formula is C11H11ClF2N2O4S. The largest absolute Gasteiger partial charge is 0.378 e. The number of hydrogen-bond acceptors (Lipinski definition) is 4. The normalized spacial score (nSPS) is 16.1. The van der Waals surface area contributed by atoms with Gasteiger partial charge in [0.2, 0.25) is 10.0 Å². The number of nitrogens with zero attached hydrogens (tertiary/aromatic N) is 1. The van der Waals surface area contributed by atoms with Crippen molar-refractivity contribution in [1.29, 1.82) is 0 Å². The van der Waals surface area contributed by atoms with Crippen molar-refractivity contribution in [1.82, 2.24) is 4.90 Å². The highest BCUT2D eigenvalue weighted by Crippen LogP contribution is 2.30. The second-order valence-electron chi connectivity index (χ2n) is 4.31. The SMILES string of the molecule is NS(=O)(=O)c1c(F)c(F)cc(C(=O)N2CCOCC2)c1Cl. The summed E-state index contributed by atoms with van der Waals surface area (Å²) in [5, 5.41) is 4.08. The van der Waals surface area contributed by atoms with Gasteiger partial charge < -0.3 is 9.64 Å². The van der Waals surface area contributed by atoms with E-state index in [-0.39, 0.29) is 26.3 Å². The highest BCUT2D eigenvalue weighted by Gasteiger charge is 2.30. The molecule has 1 heterocycles. The van der Waals surface area contributed by atoms with Crippen LogP contribution >= 0.6 is 11.6 Å². The first-order valence-electron chi connectivity index (χ1n) is 5.80. The predicted octanol–water partition coefficient (Wildman–Crippen LogP) is 0.738. The minimum absolute atomic E-state index is 0.235. The molecule has 6 nitrogen and oxygen atoms in total. The van der Waals surface area contributed by atoms with Gasteiger partial charge in [-0.1, -0.05) is 11.6 Å². The van der Waals surface area contributed by atoms with Gasteiger partial charge in [0.1, 0.15) is 4.90 Å². The lowest BCUT2D eigenvalue weighted by Crippen LogP contribution is -2.41. The zero-order valence-electron chi connectivity index (χ0n) is 10.6. The van der Waals surface area contributed by atoms with Crippen molar-refractivity contribution in [2.45, 2.75) is 4.90 Å². The molecule has 0 aliphatic carbocycles. The first-order chi connectivity index (χ1) is 9.73. The van der Waals surface area contributed by atoms with Crippen molar-refractivity contribution in [2.75, 3.05) is 26.3 Å². The molecule has 1 saturated heterocycles. The summed E-state index contributed by atoms with van der Waals surface area (Å²) in [7, 11) is -4.62. The summed E-state index contributed by atoms with van der Waals surface area (Å²) < 4.78 is 54.8. The Morgan fingerprint density at radius 3 is 2.43 bits per heavy atom. The Morgan fingerprint density at radius 1 is 1.33 bits per heavy atom. The maximum absolute atomic E-state index is 13.6. The third-order valence-corrected chi connectivity index (χ3v) is 4.39. The minimum atomic E-state index is -4.62. The van der Waals surface area contributed by atoms with Crippen LogP contribution in [0.15, 0.2) is 11.0 Å². The summed E-state index contributed by atoms with van der Waals surface area (Å²) in [5.74, 6) is -3.94. The Bertz CT molecular complexity index is 690. The number of morpholine rings is 1. The number of halogens is 3. The Labute approximate surface area is 124 Å². The molecule has 0 unspecified atom stereocenters. The molecule has 1 amide bonds. The Hall–Kier alpha value is -1.29. The van der Waals surface area contributed by atoms with Gasteiger partial charge in [-0.2, -0.15) is 0 Å². The lowest BCUT2D eigenvalue weighted by atomic mass is 10.1. The number of carbonyl (C=O) groups is 1. The zero-order chi connectivity index (χ0) is 15.8. The molecule has 1 aliphatic heterocycles. The molecule has 1 aliphatic rings. The molecule has 0 aromatic heterocycles. The van der Waals surface area contributed by atoms with Crippen LogP contribution in [0.4, 0.5) is 8.78 Å². The van der Waals surface area contributed by atoms with Gasteiger partial charge in [0.05, 0.1) is 23.8 Å². The van der Waals surface area contributed by atoms with Crippen molar-refractivity contribution in [3.05, 3.63) is 28.3 Å². The molecule has 0 spiro atoms. The Balaban J connectivity index is 2.55. The van der Waals surface area contributed by atoms with Crippen molar-refractivity contribution in [3.8, 4) is 0 Å². The zero-order valence-corrected chi connectivity index (χ0v) is 12.2. The quantitative estimate of drug-likeness (QED) is 0.804. The molecule has 116 valence electrons. The summed E-state index contributed by atoms with van der Waals surface area (Å²) in [6, 6.07) is 0.560. The molecule has 0 bridgehead atoms. The van der Waals surface area contributed by atoms with Crippen molar-refractivity contribution in [3.63, 3.8) is 0 Å². The molecule has 0 radical (unpaired) electrons. The van der Waals surface area contributed by atoms with Gasteiger partial charge in [0.25, 0.3) is 5.91 Å². The number of primary sulfonamides is 1. The molecule has 21 heavy (non-hydrogen) atoms. The van der Waals surface area contributed by atoms with E-state index in [1.807, 2.05) is 0 Å². The third kappa shape index (κ3) is 3.15. The molecule has 2 N–H and O–H groups in total. The van der Waals surface area contributed by atoms with Crippen LogP contribution in [0.5, 0.6) is 0 Å². The van der Waals surface area contributed by atoms with Crippen molar-refractivity contribution in [2.24, 2.45) is 5.14 Å². The third-order valence-electron chi connectivity index (χ3n) is 2.93. The lowest BCUT2D eigenvalue weighted by molar-refractivity contribution is 0.0302. The van der Waals surface area contributed by atoms with E-state index >= 15 is 0 Å². The van der Waals surface area contributed by atoms with Gasteiger partial charge in [-0.05, 0) is 6.07 Å². The molecule has 1 aromatic rings. The standard InChI is InChI=1S/C11H11ClF2N2O4S/c12-8-6(11(17)16-1-3-20-4-2-16)5-7(13)9(14)10(8)21(15,18)19/h5H,1-4H2,(H2,15,18,19). The van der Waals surface area contributed by atoms with Gasteiger partial charge in [-0.3, -0.25) is 4.79 Å². The van der Waals surface area contributed by atoms with Crippen molar-refractivity contribution >= 4 is 27.5 Å². The average molecular weight is 341 g/mol. The topological polar surface area (TPSA) is 89.7 Å². The number of rotatable bonds is 2. The predicted molar refractivity (Wildman–Crippen MR) is 69.5 cm³/mol. The number of benzene rings is 1. The van der Waals surface area contributed by atoms with Gasteiger partial charge in [0, 0.05) is 13.1 Å². The fourth-order valence-electron chi connectivity index (χ4n) is 1.92. The molecule has 10 heteroatoms. The summed E-state index contributed by atoms with van der Waals surface area (Å²) in [4.78, 5) is 12.3. The van der Waals surface area contributed by atoms with Crippen LogP contribution in [0.25, 0.3) is 0 Å². The van der Waals surface area contributed by atoms with E-state index in [2.05, 4.69) is 0 Å². The van der Waals surface area contributed by atoms with Gasteiger partial charge >= 0.3 is 0 Å². The van der Waals surface area contributed by atoms with Crippen LogP contribution in [-0.2, 0) is 14.8 Å². The van der Waals surface area contributed by atoms with Crippen LogP contribution in [0, 0.1) is 11.6 Å².